The molecule has 154 valence electrons. The van der Waals surface area contributed by atoms with Crippen LogP contribution in [0.15, 0.2) is 46.8 Å². The fourth-order valence-electron chi connectivity index (χ4n) is 3.16. The lowest BCUT2D eigenvalue weighted by atomic mass is 10.2. The lowest BCUT2D eigenvalue weighted by molar-refractivity contribution is 0.0177. The molecule has 2 N–H and O–H groups in total. The van der Waals surface area contributed by atoms with Crippen LogP contribution in [0.3, 0.4) is 0 Å². The maximum Gasteiger partial charge on any atom is 0.191 e. The van der Waals surface area contributed by atoms with Crippen LogP contribution < -0.4 is 15.4 Å². The fraction of sp³-hybridized carbons (Fsp3) is 0.450. The Balaban J connectivity index is 0.00000280. The number of hydrogen-bond donors (Lipinski definition) is 2. The number of benzene rings is 1. The van der Waals surface area contributed by atoms with Crippen molar-refractivity contribution in [2.75, 3.05) is 47.0 Å². The molecule has 0 bridgehead atoms. The minimum Gasteiger partial charge on any atom is -0.497 e. The summed E-state index contributed by atoms with van der Waals surface area (Å²) < 4.78 is 10.8. The second-order valence-electron chi connectivity index (χ2n) is 6.34. The largest absolute Gasteiger partial charge is 0.497 e. The number of aliphatic imine (C=N–C) groups is 1. The maximum atomic E-state index is 5.52. The van der Waals surface area contributed by atoms with E-state index < -0.39 is 0 Å². The number of nitrogens with one attached hydrogen (secondary N) is 2. The van der Waals surface area contributed by atoms with Crippen molar-refractivity contribution in [3.05, 3.63) is 52.2 Å². The van der Waals surface area contributed by atoms with Gasteiger partial charge in [0.15, 0.2) is 5.96 Å². The Bertz CT molecular complexity index is 721. The van der Waals surface area contributed by atoms with Gasteiger partial charge in [-0.1, -0.05) is 18.2 Å². The Morgan fingerprint density at radius 1 is 1.25 bits per heavy atom. The summed E-state index contributed by atoms with van der Waals surface area (Å²) in [5.41, 5.74) is 1.15. The van der Waals surface area contributed by atoms with Crippen molar-refractivity contribution in [1.29, 1.82) is 0 Å². The molecule has 28 heavy (non-hydrogen) atoms. The summed E-state index contributed by atoms with van der Waals surface area (Å²) in [6.45, 7) is 5.01. The minimum absolute atomic E-state index is 0. The van der Waals surface area contributed by atoms with Crippen LogP contribution in [0.1, 0.15) is 16.5 Å². The quantitative estimate of drug-likeness (QED) is 0.337. The molecule has 1 fully saturated rings. The molecule has 1 saturated heterocycles. The Labute approximate surface area is 188 Å². The van der Waals surface area contributed by atoms with Crippen molar-refractivity contribution in [3.63, 3.8) is 0 Å². The van der Waals surface area contributed by atoms with Gasteiger partial charge in [-0.15, -0.1) is 35.3 Å². The van der Waals surface area contributed by atoms with Gasteiger partial charge in [0.05, 0.1) is 26.4 Å². The molecule has 6 nitrogen and oxygen atoms in total. The minimum atomic E-state index is 0. The van der Waals surface area contributed by atoms with E-state index in [1.54, 1.807) is 25.5 Å². The summed E-state index contributed by atoms with van der Waals surface area (Å²) in [6, 6.07) is 12.7. The third-order valence-corrected chi connectivity index (χ3v) is 5.61. The van der Waals surface area contributed by atoms with E-state index in [-0.39, 0.29) is 24.0 Å². The first kappa shape index (κ1) is 22.9. The summed E-state index contributed by atoms with van der Waals surface area (Å²) in [7, 11) is 3.49. The Kier molecular flexibility index (Phi) is 10.0. The number of morpholine rings is 1. The second-order valence-corrected chi connectivity index (χ2v) is 7.32. The van der Waals surface area contributed by atoms with Crippen molar-refractivity contribution < 1.29 is 9.47 Å². The van der Waals surface area contributed by atoms with Crippen molar-refractivity contribution in [3.8, 4) is 5.75 Å². The fourth-order valence-corrected chi connectivity index (χ4v) is 4.02. The number of halogens is 1. The van der Waals surface area contributed by atoms with Gasteiger partial charge in [-0.2, -0.15) is 0 Å². The van der Waals surface area contributed by atoms with E-state index in [0.717, 1.165) is 50.1 Å². The highest BCUT2D eigenvalue weighted by atomic mass is 127. The third kappa shape index (κ3) is 6.61. The first-order valence-electron chi connectivity index (χ1n) is 9.23. The van der Waals surface area contributed by atoms with Crippen LogP contribution in [-0.4, -0.2) is 57.9 Å². The molecule has 0 spiro atoms. The number of thiophene rings is 1. The van der Waals surface area contributed by atoms with Gasteiger partial charge in [0.25, 0.3) is 0 Å². The molecule has 0 aliphatic carbocycles. The predicted molar refractivity (Wildman–Crippen MR) is 126 cm³/mol. The van der Waals surface area contributed by atoms with Gasteiger partial charge in [0, 0.05) is 38.1 Å². The highest BCUT2D eigenvalue weighted by molar-refractivity contribution is 14.0. The highest BCUT2D eigenvalue weighted by Gasteiger charge is 2.23. The molecule has 1 aliphatic heterocycles. The molecular weight excluding hydrogens is 487 g/mol. The zero-order valence-corrected chi connectivity index (χ0v) is 19.5. The second kappa shape index (κ2) is 12.3. The van der Waals surface area contributed by atoms with Gasteiger partial charge in [0.1, 0.15) is 5.75 Å². The molecule has 1 aromatic heterocycles. The smallest absolute Gasteiger partial charge is 0.191 e. The zero-order chi connectivity index (χ0) is 18.9. The summed E-state index contributed by atoms with van der Waals surface area (Å²) >= 11 is 1.80. The van der Waals surface area contributed by atoms with E-state index in [2.05, 4.69) is 44.1 Å². The van der Waals surface area contributed by atoms with Crippen molar-refractivity contribution >= 4 is 41.3 Å². The zero-order valence-electron chi connectivity index (χ0n) is 16.4. The number of methoxy groups -OCH3 is 1. The number of nitrogens with zero attached hydrogens (tertiary/aromatic N) is 2. The molecule has 1 aliphatic rings. The molecule has 1 aromatic carbocycles. The molecule has 2 aromatic rings. The lowest BCUT2D eigenvalue weighted by Gasteiger charge is -2.34. The molecule has 0 saturated carbocycles. The molecule has 0 radical (unpaired) electrons. The van der Waals surface area contributed by atoms with E-state index in [0.29, 0.717) is 12.6 Å². The summed E-state index contributed by atoms with van der Waals surface area (Å²) in [4.78, 5) is 8.22. The van der Waals surface area contributed by atoms with E-state index in [1.165, 1.54) is 4.88 Å². The van der Waals surface area contributed by atoms with Crippen LogP contribution in [-0.2, 0) is 11.3 Å². The van der Waals surface area contributed by atoms with E-state index in [4.69, 9.17) is 9.47 Å². The molecule has 3 rings (SSSR count). The number of rotatable bonds is 7. The normalized spacial score (nSPS) is 16.1. The summed E-state index contributed by atoms with van der Waals surface area (Å²) in [5.74, 6) is 1.66. The van der Waals surface area contributed by atoms with Gasteiger partial charge in [-0.25, -0.2) is 0 Å². The average molecular weight is 516 g/mol. The lowest BCUT2D eigenvalue weighted by Crippen LogP contribution is -2.46. The van der Waals surface area contributed by atoms with Crippen LogP contribution in [0.5, 0.6) is 5.75 Å². The average Bonchev–Trinajstić information content (AvgIpc) is 3.26. The van der Waals surface area contributed by atoms with Crippen LogP contribution >= 0.6 is 35.3 Å². The van der Waals surface area contributed by atoms with Crippen LogP contribution in [0.2, 0.25) is 0 Å². The summed E-state index contributed by atoms with van der Waals surface area (Å²) in [5, 5.41) is 9.01. The van der Waals surface area contributed by atoms with Crippen LogP contribution in [0.25, 0.3) is 0 Å². The Morgan fingerprint density at radius 2 is 2.07 bits per heavy atom. The van der Waals surface area contributed by atoms with Gasteiger partial charge in [0.2, 0.25) is 0 Å². The number of ether oxygens (including phenoxy) is 2. The SMILES string of the molecule is CN=C(NCc1cccc(OC)c1)NCC(c1cccs1)N1CCOCC1.I. The van der Waals surface area contributed by atoms with Gasteiger partial charge in [-0.3, -0.25) is 9.89 Å². The van der Waals surface area contributed by atoms with Gasteiger partial charge < -0.3 is 20.1 Å². The molecular formula is C20H29IN4O2S. The molecule has 1 atom stereocenters. The van der Waals surface area contributed by atoms with Crippen molar-refractivity contribution in [2.24, 2.45) is 4.99 Å². The first-order chi connectivity index (χ1) is 13.3. The number of guanidine groups is 1. The van der Waals surface area contributed by atoms with Crippen molar-refractivity contribution in [1.82, 2.24) is 15.5 Å². The maximum absolute atomic E-state index is 5.52. The molecule has 2 heterocycles. The van der Waals surface area contributed by atoms with E-state index >= 15 is 0 Å². The van der Waals surface area contributed by atoms with Crippen molar-refractivity contribution in [2.45, 2.75) is 12.6 Å². The Morgan fingerprint density at radius 3 is 2.75 bits per heavy atom. The standard InChI is InChI=1S/C20H28N4O2S.HI/c1-21-20(22-14-16-5-3-6-17(13-16)25-2)23-15-18(19-7-4-12-27-19)24-8-10-26-11-9-24;/h3-7,12-13,18H,8-11,14-15H2,1-2H3,(H2,21,22,23);1H. The topological polar surface area (TPSA) is 58.1 Å². The van der Waals surface area contributed by atoms with E-state index in [9.17, 15) is 0 Å². The summed E-state index contributed by atoms with van der Waals surface area (Å²) in [6.07, 6.45) is 0. The van der Waals surface area contributed by atoms with Gasteiger partial charge in [-0.05, 0) is 29.1 Å². The first-order valence-corrected chi connectivity index (χ1v) is 10.1. The predicted octanol–water partition coefficient (Wildman–Crippen LogP) is 3.11. The van der Waals surface area contributed by atoms with E-state index in [1.807, 2.05) is 18.2 Å². The third-order valence-electron chi connectivity index (χ3n) is 4.64. The van der Waals surface area contributed by atoms with Crippen LogP contribution in [0.4, 0.5) is 0 Å². The Hall–Kier alpha value is -1.36. The monoisotopic (exact) mass is 516 g/mol. The molecule has 0 amide bonds. The van der Waals surface area contributed by atoms with Crippen LogP contribution in [0, 0.1) is 0 Å². The highest BCUT2D eigenvalue weighted by Crippen LogP contribution is 2.25. The molecule has 1 unspecified atom stereocenters. The number of hydrogen-bond acceptors (Lipinski definition) is 5. The van der Waals surface area contributed by atoms with Gasteiger partial charge >= 0.3 is 0 Å². The molecule has 8 heteroatoms.